The van der Waals surface area contributed by atoms with Crippen molar-refractivity contribution in [2.75, 3.05) is 18.0 Å². The van der Waals surface area contributed by atoms with Crippen LogP contribution < -0.4 is 10.2 Å². The van der Waals surface area contributed by atoms with Gasteiger partial charge in [0, 0.05) is 24.7 Å². The van der Waals surface area contributed by atoms with Gasteiger partial charge < -0.3 is 19.5 Å². The molecule has 12 heteroatoms. The van der Waals surface area contributed by atoms with Crippen molar-refractivity contribution >= 4 is 11.7 Å². The molecule has 1 saturated carbocycles. The summed E-state index contributed by atoms with van der Waals surface area (Å²) in [6, 6.07) is 19.4. The summed E-state index contributed by atoms with van der Waals surface area (Å²) >= 11 is 0. The number of halogens is 2. The first-order valence-corrected chi connectivity index (χ1v) is 14.0. The Labute approximate surface area is 245 Å². The smallest absolute Gasteiger partial charge is 0.252 e. The molecule has 1 N–H and O–H groups in total. The van der Waals surface area contributed by atoms with E-state index in [9.17, 15) is 13.6 Å². The Morgan fingerprint density at radius 1 is 1.02 bits per heavy atom. The van der Waals surface area contributed by atoms with Crippen LogP contribution >= 0.6 is 0 Å². The molecule has 1 aliphatic carbocycles. The van der Waals surface area contributed by atoms with Gasteiger partial charge in [0.15, 0.2) is 17.5 Å². The maximum atomic E-state index is 14.9. The number of ether oxygens (including phenoxy) is 1. The Morgan fingerprint density at radius 3 is 2.56 bits per heavy atom. The van der Waals surface area contributed by atoms with Gasteiger partial charge in [0.05, 0.1) is 31.1 Å². The molecular formula is C31H27F2N7O3. The average Bonchev–Trinajstić information content (AvgIpc) is 3.38. The van der Waals surface area contributed by atoms with E-state index in [0.29, 0.717) is 55.2 Å². The molecule has 5 aromatic rings. The van der Waals surface area contributed by atoms with Crippen molar-refractivity contribution in [1.29, 1.82) is 0 Å². The number of carbonyl (C=O) groups is 1. The summed E-state index contributed by atoms with van der Waals surface area (Å²) in [4.78, 5) is 23.4. The molecular weight excluding hydrogens is 556 g/mol. The first-order valence-electron chi connectivity index (χ1n) is 14.0. The lowest BCUT2D eigenvalue weighted by Crippen LogP contribution is -2.61. The van der Waals surface area contributed by atoms with Crippen LogP contribution in [-0.4, -0.2) is 55.5 Å². The third-order valence-electron chi connectivity index (χ3n) is 7.71. The molecule has 218 valence electrons. The molecule has 43 heavy (non-hydrogen) atoms. The molecule has 3 aromatic heterocycles. The van der Waals surface area contributed by atoms with Crippen molar-refractivity contribution in [1.82, 2.24) is 30.2 Å². The summed E-state index contributed by atoms with van der Waals surface area (Å²) < 4.78 is 41.9. The number of hydrogen-bond acceptors (Lipinski definition) is 8. The van der Waals surface area contributed by atoms with E-state index in [0.717, 1.165) is 11.8 Å². The van der Waals surface area contributed by atoms with E-state index in [1.807, 2.05) is 30.3 Å². The zero-order chi connectivity index (χ0) is 29.4. The van der Waals surface area contributed by atoms with E-state index >= 15 is 0 Å². The van der Waals surface area contributed by atoms with Gasteiger partial charge >= 0.3 is 0 Å². The first kappa shape index (κ1) is 26.9. The topological polar surface area (TPSA) is 111 Å². The number of nitrogens with zero attached hydrogens (tertiary/aromatic N) is 6. The van der Waals surface area contributed by atoms with Gasteiger partial charge in [-0.15, -0.1) is 0 Å². The number of anilines is 1. The highest BCUT2D eigenvalue weighted by Crippen LogP contribution is 2.41. The van der Waals surface area contributed by atoms with Crippen molar-refractivity contribution in [2.45, 2.75) is 37.6 Å². The minimum absolute atomic E-state index is 0.114. The predicted octanol–water partition coefficient (Wildman–Crippen LogP) is 4.38. The molecule has 0 unspecified atom stereocenters. The molecule has 0 bridgehead atoms. The number of carbonyl (C=O) groups excluding carboxylic acids is 1. The highest BCUT2D eigenvalue weighted by Gasteiger charge is 2.52. The number of benzene rings is 2. The van der Waals surface area contributed by atoms with Crippen molar-refractivity contribution in [3.8, 4) is 22.9 Å². The fraction of sp³-hybridized carbons (Fsp3) is 0.258. The third kappa shape index (κ3) is 5.48. The summed E-state index contributed by atoms with van der Waals surface area (Å²) in [5.74, 6) is -0.768. The van der Waals surface area contributed by atoms with Crippen molar-refractivity contribution in [3.63, 3.8) is 0 Å². The summed E-state index contributed by atoms with van der Waals surface area (Å²) in [6.45, 7) is 1.28. The molecule has 2 aliphatic rings. The number of amides is 1. The van der Waals surface area contributed by atoms with Gasteiger partial charge in [-0.3, -0.25) is 9.48 Å². The second-order valence-electron chi connectivity index (χ2n) is 10.8. The van der Waals surface area contributed by atoms with Gasteiger partial charge in [-0.25, -0.2) is 18.7 Å². The van der Waals surface area contributed by atoms with E-state index in [1.54, 1.807) is 39.9 Å². The molecule has 0 radical (unpaired) electrons. The quantitative estimate of drug-likeness (QED) is 0.258. The Bertz CT molecular complexity index is 1750. The lowest BCUT2D eigenvalue weighted by molar-refractivity contribution is -0.137. The van der Waals surface area contributed by atoms with Crippen LogP contribution in [0.25, 0.3) is 22.9 Å². The van der Waals surface area contributed by atoms with E-state index in [2.05, 4.69) is 25.5 Å². The summed E-state index contributed by atoms with van der Waals surface area (Å²) in [7, 11) is 0. The molecule has 4 heterocycles. The molecule has 1 saturated heterocycles. The largest absolute Gasteiger partial charge is 0.364 e. The highest BCUT2D eigenvalue weighted by atomic mass is 19.1. The standard InChI is InChI=1S/C31H27F2N7O3/c32-23-9-5-4-8-21(23)16-40-27(25-10-13-43-38-25)14-26(37-40)28-34-15-24(33)29(36-28)39-17-22(18-39)35-30(41)31(11-12-31)42-19-20-6-2-1-3-7-20/h1-10,13-15,22H,11-12,16-19H2,(H,35,41). The molecule has 0 atom stereocenters. The number of hydrogen-bond donors (Lipinski definition) is 1. The zero-order valence-corrected chi connectivity index (χ0v) is 23.0. The minimum Gasteiger partial charge on any atom is -0.364 e. The molecule has 1 amide bonds. The van der Waals surface area contributed by atoms with Crippen molar-refractivity contribution < 1.29 is 22.8 Å². The fourth-order valence-corrected chi connectivity index (χ4v) is 5.09. The Morgan fingerprint density at radius 2 is 1.81 bits per heavy atom. The van der Waals surface area contributed by atoms with Gasteiger partial charge in [-0.2, -0.15) is 5.10 Å². The van der Waals surface area contributed by atoms with Crippen molar-refractivity contribution in [2.24, 2.45) is 0 Å². The Balaban J connectivity index is 1.04. The summed E-state index contributed by atoms with van der Waals surface area (Å²) in [5.41, 5.74) is 2.09. The third-order valence-corrected chi connectivity index (χ3v) is 7.71. The zero-order valence-electron chi connectivity index (χ0n) is 23.0. The lowest BCUT2D eigenvalue weighted by Gasteiger charge is -2.41. The van der Waals surface area contributed by atoms with Gasteiger partial charge in [0.1, 0.15) is 29.1 Å². The van der Waals surface area contributed by atoms with Crippen LogP contribution in [-0.2, 0) is 22.7 Å². The van der Waals surface area contributed by atoms with Crippen LogP contribution in [0.4, 0.5) is 14.6 Å². The lowest BCUT2D eigenvalue weighted by atomic mass is 10.1. The Hall–Kier alpha value is -4.97. The molecule has 10 nitrogen and oxygen atoms in total. The molecule has 1 aliphatic heterocycles. The maximum Gasteiger partial charge on any atom is 0.252 e. The van der Waals surface area contributed by atoms with Crippen molar-refractivity contribution in [3.05, 3.63) is 102 Å². The highest BCUT2D eigenvalue weighted by molar-refractivity contribution is 5.88. The first-order chi connectivity index (χ1) is 21.0. The van der Waals surface area contributed by atoms with Crippen LogP contribution in [0.1, 0.15) is 24.0 Å². The summed E-state index contributed by atoms with van der Waals surface area (Å²) in [5, 5.41) is 11.6. The van der Waals surface area contributed by atoms with Gasteiger partial charge in [0.25, 0.3) is 5.91 Å². The monoisotopic (exact) mass is 583 g/mol. The normalized spacial score (nSPS) is 15.7. The molecule has 2 fully saturated rings. The van der Waals surface area contributed by atoms with E-state index in [4.69, 9.17) is 9.26 Å². The number of aromatic nitrogens is 5. The number of rotatable bonds is 10. The van der Waals surface area contributed by atoms with Crippen LogP contribution in [0.5, 0.6) is 0 Å². The second kappa shape index (κ2) is 11.0. The van der Waals surface area contributed by atoms with Gasteiger partial charge in [-0.1, -0.05) is 53.7 Å². The molecule has 7 rings (SSSR count). The van der Waals surface area contributed by atoms with Gasteiger partial charge in [0.2, 0.25) is 0 Å². The maximum absolute atomic E-state index is 14.9. The van der Waals surface area contributed by atoms with E-state index < -0.39 is 11.4 Å². The van der Waals surface area contributed by atoms with Crippen LogP contribution in [0.15, 0.2) is 83.7 Å². The van der Waals surface area contributed by atoms with Crippen LogP contribution in [0, 0.1) is 11.6 Å². The van der Waals surface area contributed by atoms with Crippen LogP contribution in [0.3, 0.4) is 0 Å². The minimum atomic E-state index is -0.799. The Kier molecular flexibility index (Phi) is 6.90. The molecule has 0 spiro atoms. The second-order valence-corrected chi connectivity index (χ2v) is 10.8. The van der Waals surface area contributed by atoms with E-state index in [-0.39, 0.29) is 36.0 Å². The SMILES string of the molecule is O=C(NC1CN(c2nc(-c3cc(-c4ccon4)n(Cc4ccccc4F)n3)ncc2F)C1)C1(OCc2ccccc2)CC1. The predicted molar refractivity (Wildman–Crippen MR) is 152 cm³/mol. The summed E-state index contributed by atoms with van der Waals surface area (Å²) in [6.07, 6.45) is 3.88. The molecule has 2 aromatic carbocycles. The number of nitrogens with one attached hydrogen (secondary N) is 1. The average molecular weight is 584 g/mol. The van der Waals surface area contributed by atoms with E-state index in [1.165, 1.54) is 12.3 Å². The van der Waals surface area contributed by atoms with Crippen LogP contribution in [0.2, 0.25) is 0 Å². The van der Waals surface area contributed by atoms with Gasteiger partial charge in [-0.05, 0) is 30.5 Å². The fourth-order valence-electron chi connectivity index (χ4n) is 5.09.